The molecule has 2 aromatic carbocycles. The van der Waals surface area contributed by atoms with Gasteiger partial charge in [-0.1, -0.05) is 24.3 Å². The van der Waals surface area contributed by atoms with E-state index in [1.54, 1.807) is 19.1 Å². The van der Waals surface area contributed by atoms with Crippen LogP contribution in [0.1, 0.15) is 18.1 Å². The number of carbonyl (C=O) groups is 1. The highest BCUT2D eigenvalue weighted by Crippen LogP contribution is 2.31. The highest BCUT2D eigenvalue weighted by Gasteiger charge is 2.27. The molecule has 7 heteroatoms. The van der Waals surface area contributed by atoms with Crippen LogP contribution in [-0.4, -0.2) is 34.0 Å². The van der Waals surface area contributed by atoms with Crippen LogP contribution in [0.25, 0.3) is 0 Å². The summed E-state index contributed by atoms with van der Waals surface area (Å²) in [4.78, 5) is 14.8. The van der Waals surface area contributed by atoms with E-state index < -0.39 is 10.0 Å². The van der Waals surface area contributed by atoms with E-state index in [0.29, 0.717) is 11.3 Å². The summed E-state index contributed by atoms with van der Waals surface area (Å²) in [7, 11) is -2.20. The molecule has 0 fully saturated rings. The molecule has 0 unspecified atom stereocenters. The lowest BCUT2D eigenvalue weighted by Crippen LogP contribution is -2.37. The van der Waals surface area contributed by atoms with Crippen LogP contribution < -0.4 is 14.9 Å². The molecule has 1 heterocycles. The summed E-state index contributed by atoms with van der Waals surface area (Å²) in [5, 5.41) is 2.81. The van der Waals surface area contributed by atoms with Crippen molar-refractivity contribution >= 4 is 27.3 Å². The number of amides is 1. The molecule has 0 saturated carbocycles. The minimum Gasteiger partial charge on any atom is -0.359 e. The van der Waals surface area contributed by atoms with Crippen molar-refractivity contribution in [2.45, 2.75) is 31.2 Å². The van der Waals surface area contributed by atoms with Crippen molar-refractivity contribution in [1.82, 2.24) is 4.72 Å². The molecule has 2 N–H and O–H groups in total. The molecule has 0 aromatic heterocycles. The van der Waals surface area contributed by atoms with Gasteiger partial charge < -0.3 is 10.2 Å². The minimum absolute atomic E-state index is 0.165. The number of carbonyl (C=O) groups excluding carboxylic acids is 1. The Morgan fingerprint density at radius 1 is 1.23 bits per heavy atom. The fourth-order valence-corrected chi connectivity index (χ4v) is 4.30. The fraction of sp³-hybridized carbons (Fsp3) is 0.316. The molecule has 0 radical (unpaired) electrons. The van der Waals surface area contributed by atoms with Crippen molar-refractivity contribution in [2.24, 2.45) is 0 Å². The topological polar surface area (TPSA) is 78.5 Å². The third-order valence-corrected chi connectivity index (χ3v) is 6.25. The Morgan fingerprint density at radius 3 is 2.69 bits per heavy atom. The predicted molar refractivity (Wildman–Crippen MR) is 103 cm³/mol. The van der Waals surface area contributed by atoms with E-state index in [9.17, 15) is 13.2 Å². The van der Waals surface area contributed by atoms with Gasteiger partial charge in [0.1, 0.15) is 0 Å². The van der Waals surface area contributed by atoms with Crippen LogP contribution in [0.3, 0.4) is 0 Å². The number of rotatable bonds is 5. The Kier molecular flexibility index (Phi) is 5.02. The number of hydrogen-bond donors (Lipinski definition) is 2. The number of para-hydroxylation sites is 1. The van der Waals surface area contributed by atoms with Gasteiger partial charge in [-0.2, -0.15) is 0 Å². The number of benzene rings is 2. The van der Waals surface area contributed by atoms with Gasteiger partial charge in [-0.15, -0.1) is 0 Å². The molecular weight excluding hydrogens is 350 g/mol. The number of anilines is 2. The molecule has 3 rings (SSSR count). The quantitative estimate of drug-likeness (QED) is 0.843. The second kappa shape index (κ2) is 7.09. The fourth-order valence-electron chi connectivity index (χ4n) is 3.30. The summed E-state index contributed by atoms with van der Waals surface area (Å²) in [6.07, 6.45) is 0.915. The van der Waals surface area contributed by atoms with Crippen molar-refractivity contribution in [2.75, 3.05) is 23.8 Å². The van der Waals surface area contributed by atoms with Crippen molar-refractivity contribution in [3.63, 3.8) is 0 Å². The largest absolute Gasteiger partial charge is 0.359 e. The van der Waals surface area contributed by atoms with Crippen LogP contribution in [0.4, 0.5) is 11.4 Å². The maximum atomic E-state index is 12.5. The minimum atomic E-state index is -3.57. The number of sulfonamides is 1. The summed E-state index contributed by atoms with van der Waals surface area (Å²) >= 11 is 0. The van der Waals surface area contributed by atoms with Gasteiger partial charge in [-0.3, -0.25) is 4.79 Å². The van der Waals surface area contributed by atoms with Gasteiger partial charge in [0.15, 0.2) is 0 Å². The summed E-state index contributed by atoms with van der Waals surface area (Å²) < 4.78 is 26.5. The molecular formula is C19H23N3O3S. The smallest absolute Gasteiger partial charge is 0.243 e. The lowest BCUT2D eigenvalue weighted by molar-refractivity contribution is -0.115. The molecule has 0 bridgehead atoms. The molecule has 0 saturated heterocycles. The average Bonchev–Trinajstić information content (AvgIpc) is 2.92. The summed E-state index contributed by atoms with van der Waals surface area (Å²) in [6.45, 7) is 4.04. The van der Waals surface area contributed by atoms with E-state index in [-0.39, 0.29) is 23.4 Å². The zero-order valence-electron chi connectivity index (χ0n) is 15.1. The van der Waals surface area contributed by atoms with Gasteiger partial charge in [0.2, 0.25) is 15.9 Å². The maximum absolute atomic E-state index is 12.5. The Bertz CT molecular complexity index is 941. The van der Waals surface area contributed by atoms with E-state index >= 15 is 0 Å². The summed E-state index contributed by atoms with van der Waals surface area (Å²) in [5.74, 6) is -0.176. The number of hydrogen-bond acceptors (Lipinski definition) is 4. The molecule has 1 amide bonds. The van der Waals surface area contributed by atoms with Gasteiger partial charge in [0, 0.05) is 17.4 Å². The van der Waals surface area contributed by atoms with E-state index in [1.807, 2.05) is 18.2 Å². The average molecular weight is 373 g/mol. The normalized spacial score (nSPS) is 16.4. The molecule has 26 heavy (non-hydrogen) atoms. The first-order valence-electron chi connectivity index (χ1n) is 8.50. The first kappa shape index (κ1) is 18.4. The number of nitrogens with one attached hydrogen (secondary N) is 2. The van der Waals surface area contributed by atoms with Crippen molar-refractivity contribution in [3.8, 4) is 0 Å². The molecule has 1 aliphatic heterocycles. The number of nitrogens with zero attached hydrogens (tertiary/aromatic N) is 1. The summed E-state index contributed by atoms with van der Waals surface area (Å²) in [6, 6.07) is 13.2. The molecule has 0 aliphatic carbocycles. The molecule has 0 spiro atoms. The van der Waals surface area contributed by atoms with Crippen LogP contribution >= 0.6 is 0 Å². The van der Waals surface area contributed by atoms with Gasteiger partial charge in [-0.25, -0.2) is 13.1 Å². The second-order valence-electron chi connectivity index (χ2n) is 6.55. The van der Waals surface area contributed by atoms with Crippen molar-refractivity contribution < 1.29 is 13.2 Å². The van der Waals surface area contributed by atoms with Gasteiger partial charge in [0.05, 0.1) is 11.4 Å². The lowest BCUT2D eigenvalue weighted by atomic mass is 10.1. The van der Waals surface area contributed by atoms with Gasteiger partial charge >= 0.3 is 0 Å². The SMILES string of the molecule is CNS(=O)(=O)c1cc(NC(=O)CN2c3ccccc3C[C@H]2C)ccc1C. The van der Waals surface area contributed by atoms with E-state index in [0.717, 1.165) is 12.1 Å². The third kappa shape index (κ3) is 3.59. The first-order valence-corrected chi connectivity index (χ1v) is 9.98. The lowest BCUT2D eigenvalue weighted by Gasteiger charge is -2.24. The molecule has 6 nitrogen and oxygen atoms in total. The standard InChI is InChI=1S/C19H23N3O3S/c1-13-8-9-16(11-18(13)26(24,25)20-3)21-19(23)12-22-14(2)10-15-6-4-5-7-17(15)22/h4-9,11,14,20H,10,12H2,1-3H3,(H,21,23)/t14-/m1/s1. The van der Waals surface area contributed by atoms with Gasteiger partial charge in [-0.05, 0) is 56.6 Å². The van der Waals surface area contributed by atoms with E-state index in [4.69, 9.17) is 0 Å². The Labute approximate surface area is 154 Å². The Hall–Kier alpha value is -2.38. The van der Waals surface area contributed by atoms with Crippen LogP contribution in [-0.2, 0) is 21.2 Å². The molecule has 2 aromatic rings. The van der Waals surface area contributed by atoms with Crippen LogP contribution in [0.5, 0.6) is 0 Å². The van der Waals surface area contributed by atoms with Crippen LogP contribution in [0.2, 0.25) is 0 Å². The molecule has 138 valence electrons. The Morgan fingerprint density at radius 2 is 1.96 bits per heavy atom. The zero-order chi connectivity index (χ0) is 18.9. The highest BCUT2D eigenvalue weighted by molar-refractivity contribution is 7.89. The monoisotopic (exact) mass is 373 g/mol. The van der Waals surface area contributed by atoms with E-state index in [2.05, 4.69) is 27.9 Å². The molecule has 1 aliphatic rings. The first-order chi connectivity index (χ1) is 12.3. The second-order valence-corrected chi connectivity index (χ2v) is 8.40. The van der Waals surface area contributed by atoms with Crippen molar-refractivity contribution in [1.29, 1.82) is 0 Å². The van der Waals surface area contributed by atoms with Crippen molar-refractivity contribution in [3.05, 3.63) is 53.6 Å². The molecule has 1 atom stereocenters. The van der Waals surface area contributed by atoms with Crippen LogP contribution in [0.15, 0.2) is 47.4 Å². The number of aryl methyl sites for hydroxylation is 1. The Balaban J connectivity index is 1.76. The van der Waals surface area contributed by atoms with Crippen LogP contribution in [0, 0.1) is 6.92 Å². The highest BCUT2D eigenvalue weighted by atomic mass is 32.2. The zero-order valence-corrected chi connectivity index (χ0v) is 15.9. The third-order valence-electron chi connectivity index (χ3n) is 4.69. The summed E-state index contributed by atoms with van der Waals surface area (Å²) in [5.41, 5.74) is 3.41. The van der Waals surface area contributed by atoms with Gasteiger partial charge in [0.25, 0.3) is 0 Å². The van der Waals surface area contributed by atoms with E-state index in [1.165, 1.54) is 18.7 Å². The maximum Gasteiger partial charge on any atom is 0.243 e. The predicted octanol–water partition coefficient (Wildman–Crippen LogP) is 2.29. The number of fused-ring (bicyclic) bond motifs is 1.